The van der Waals surface area contributed by atoms with E-state index >= 15 is 0 Å². The number of hydrogen-bond acceptors (Lipinski definition) is 20. The first-order valence-electron chi connectivity index (χ1n) is 25.2. The van der Waals surface area contributed by atoms with E-state index in [1.54, 1.807) is 166 Å². The minimum absolute atomic E-state index is 0.151. The van der Waals surface area contributed by atoms with Gasteiger partial charge in [-0.3, -0.25) is 38.4 Å². The maximum absolute atomic E-state index is 13.9. The van der Waals surface area contributed by atoms with Crippen LogP contribution in [0.25, 0.3) is 0 Å². The first-order valence-corrected chi connectivity index (χ1v) is 27.3. The van der Waals surface area contributed by atoms with Gasteiger partial charge in [-0.15, -0.1) is 23.5 Å². The van der Waals surface area contributed by atoms with Crippen LogP contribution in [0.5, 0.6) is 0 Å². The molecule has 426 valence electrons. The summed E-state index contributed by atoms with van der Waals surface area (Å²) in [5, 5.41) is 0. The zero-order chi connectivity index (χ0) is 57.7. The molecule has 10 atom stereocenters. The highest BCUT2D eigenvalue weighted by atomic mass is 32.2. The smallest absolute Gasteiger partial charge is 0.311 e. The summed E-state index contributed by atoms with van der Waals surface area (Å²) < 4.78 is 61.9. The Morgan fingerprint density at radius 1 is 0.297 bits per heavy atom. The van der Waals surface area contributed by atoms with Crippen LogP contribution >= 0.6 is 23.5 Å². The Morgan fingerprint density at radius 2 is 0.486 bits per heavy atom. The summed E-state index contributed by atoms with van der Waals surface area (Å²) in [4.78, 5) is 109. The quantitative estimate of drug-likeness (QED) is 0.0847. The second-order valence-corrected chi connectivity index (χ2v) is 29.7. The minimum atomic E-state index is -1.47. The van der Waals surface area contributed by atoms with Gasteiger partial charge in [0, 0.05) is 11.5 Å². The summed E-state index contributed by atoms with van der Waals surface area (Å²) in [6, 6.07) is 0. The highest BCUT2D eigenvalue weighted by Gasteiger charge is 2.57. The van der Waals surface area contributed by atoms with Gasteiger partial charge < -0.3 is 47.4 Å². The molecule has 0 amide bonds. The topological polar surface area (TPSA) is 229 Å². The molecule has 2 aliphatic rings. The fraction of sp³-hybridized carbons (Fsp3) is 0.852. The molecule has 2 saturated heterocycles. The molecule has 74 heavy (non-hydrogen) atoms. The second kappa shape index (κ2) is 24.8. The maximum atomic E-state index is 13.9. The molecular weight excluding hydrogens is 1000 g/mol. The molecule has 0 aromatic carbocycles. The summed E-state index contributed by atoms with van der Waals surface area (Å²) in [6.45, 7) is 38.6. The fourth-order valence-electron chi connectivity index (χ4n) is 5.98. The zero-order valence-electron chi connectivity index (χ0n) is 48.8. The van der Waals surface area contributed by atoms with Gasteiger partial charge in [0.2, 0.25) is 0 Å². The van der Waals surface area contributed by atoms with E-state index in [9.17, 15) is 38.4 Å². The normalized spacial score (nSPS) is 25.4. The lowest BCUT2D eigenvalue weighted by Gasteiger charge is -2.46. The van der Waals surface area contributed by atoms with E-state index in [0.717, 1.165) is 23.5 Å². The summed E-state index contributed by atoms with van der Waals surface area (Å²) in [5.74, 6) is -5.04. The Kier molecular flexibility index (Phi) is 22.3. The van der Waals surface area contributed by atoms with E-state index in [1.807, 2.05) is 0 Å². The van der Waals surface area contributed by atoms with Crippen LogP contribution in [-0.2, 0) is 85.7 Å². The van der Waals surface area contributed by atoms with Gasteiger partial charge >= 0.3 is 47.8 Å². The summed E-state index contributed by atoms with van der Waals surface area (Å²) in [7, 11) is 0. The van der Waals surface area contributed by atoms with E-state index in [4.69, 9.17) is 47.4 Å². The Bertz CT molecular complexity index is 1850. The predicted octanol–water partition coefficient (Wildman–Crippen LogP) is 8.83. The molecule has 0 unspecified atom stereocenters. The molecule has 0 aromatic heterocycles. The molecule has 0 spiro atoms. The van der Waals surface area contributed by atoms with Crippen LogP contribution in [0.2, 0.25) is 0 Å². The SMILES string of the molecule is CC(C)(C)C(=O)OC[C@H]1O[C@@H](SCCS[C@@H]2O[C@H](COC(=O)C(C)(C)C)[C@H](OC(=O)C(C)(C)C)[C@H](OC(=O)C(C)(C)C)[C@H]2OC(=O)C(C)(C)C)[C@H](OC(=O)C(C)(C)C)[C@@H](OC(=O)C(C)(C)C)[C@H]1OC(=O)C(C)(C)C. The fourth-order valence-corrected chi connectivity index (χ4v) is 8.45. The third kappa shape index (κ3) is 19.7. The Labute approximate surface area is 449 Å². The molecule has 0 bridgehead atoms. The van der Waals surface area contributed by atoms with Gasteiger partial charge in [-0.2, -0.15) is 0 Å². The molecule has 0 saturated carbocycles. The van der Waals surface area contributed by atoms with Crippen LogP contribution in [0.15, 0.2) is 0 Å². The van der Waals surface area contributed by atoms with Gasteiger partial charge in [-0.05, 0) is 166 Å². The largest absolute Gasteiger partial charge is 0.462 e. The monoisotopic (exact) mass is 1090 g/mol. The van der Waals surface area contributed by atoms with Crippen LogP contribution in [-0.4, -0.2) is 132 Å². The third-order valence-corrected chi connectivity index (χ3v) is 13.5. The van der Waals surface area contributed by atoms with Gasteiger partial charge in [0.1, 0.15) is 36.3 Å². The standard InChI is InChI=1S/C54H90O18S2/c1-47(2,3)39(55)63-27-29-31(67-41(57)49(7,8)9)33(69-43(59)51(13,14)15)35(71-45(61)53(19,20)21)37(65-29)73-25-26-74-38-36(72-46(62)54(22,23)24)34(70-44(60)52(16,17)18)32(68-42(58)50(10,11)12)30(66-38)28-64-40(56)48(4,5)6/h29-38H,25-28H2,1-24H3/t29-,30-,31+,32+,33+,34+,35-,36-,37+,38+/m1/s1. The summed E-state index contributed by atoms with van der Waals surface area (Å²) in [5.41, 5.74) is -10.6. The Hall–Kier alpha value is -3.62. The van der Waals surface area contributed by atoms with Crippen molar-refractivity contribution in [2.45, 2.75) is 226 Å². The lowest BCUT2D eigenvalue weighted by molar-refractivity contribution is -0.246. The van der Waals surface area contributed by atoms with Crippen molar-refractivity contribution in [3.05, 3.63) is 0 Å². The van der Waals surface area contributed by atoms with Crippen molar-refractivity contribution in [3.63, 3.8) is 0 Å². The number of esters is 8. The molecule has 20 heteroatoms. The summed E-state index contributed by atoms with van der Waals surface area (Å²) >= 11 is 2.28. The molecule has 18 nitrogen and oxygen atoms in total. The Morgan fingerprint density at radius 3 is 0.689 bits per heavy atom. The third-order valence-electron chi connectivity index (χ3n) is 10.9. The van der Waals surface area contributed by atoms with Crippen molar-refractivity contribution in [1.29, 1.82) is 0 Å². The van der Waals surface area contributed by atoms with Gasteiger partial charge in [-0.25, -0.2) is 0 Å². The van der Waals surface area contributed by atoms with E-state index < -0.39 is 164 Å². The van der Waals surface area contributed by atoms with Gasteiger partial charge in [0.05, 0.1) is 43.3 Å². The van der Waals surface area contributed by atoms with Crippen molar-refractivity contribution >= 4 is 71.3 Å². The first kappa shape index (κ1) is 66.5. The minimum Gasteiger partial charge on any atom is -0.462 e. The maximum Gasteiger partial charge on any atom is 0.311 e. The number of thioether (sulfide) groups is 2. The molecule has 2 fully saturated rings. The number of carbonyl (C=O) groups excluding carboxylic acids is 8. The van der Waals surface area contributed by atoms with Crippen LogP contribution < -0.4 is 0 Å². The van der Waals surface area contributed by atoms with Crippen LogP contribution in [0, 0.1) is 43.3 Å². The first-order chi connectivity index (χ1) is 33.1. The van der Waals surface area contributed by atoms with E-state index in [0.29, 0.717) is 0 Å². The van der Waals surface area contributed by atoms with Crippen LogP contribution in [0.4, 0.5) is 0 Å². The average Bonchev–Trinajstić information content (AvgIpc) is 3.20. The molecule has 2 heterocycles. The molecule has 0 aromatic rings. The highest BCUT2D eigenvalue weighted by Crippen LogP contribution is 2.41. The summed E-state index contributed by atoms with van der Waals surface area (Å²) in [6.07, 6.45) is -11.1. The van der Waals surface area contributed by atoms with Crippen molar-refractivity contribution in [1.82, 2.24) is 0 Å². The van der Waals surface area contributed by atoms with Gasteiger partial charge in [0.15, 0.2) is 36.6 Å². The van der Waals surface area contributed by atoms with Crippen molar-refractivity contribution in [2.24, 2.45) is 43.3 Å². The zero-order valence-corrected chi connectivity index (χ0v) is 50.4. The lowest BCUT2D eigenvalue weighted by atomic mass is 9.93. The van der Waals surface area contributed by atoms with E-state index in [-0.39, 0.29) is 11.5 Å². The second-order valence-electron chi connectivity index (χ2n) is 27.2. The van der Waals surface area contributed by atoms with Crippen molar-refractivity contribution in [3.8, 4) is 0 Å². The number of hydrogen-bond donors (Lipinski definition) is 0. The van der Waals surface area contributed by atoms with Gasteiger partial charge in [-0.1, -0.05) is 0 Å². The highest BCUT2D eigenvalue weighted by molar-refractivity contribution is 8.03. The predicted molar refractivity (Wildman–Crippen MR) is 279 cm³/mol. The lowest BCUT2D eigenvalue weighted by Crippen LogP contribution is -2.63. The van der Waals surface area contributed by atoms with E-state index in [1.165, 1.54) is 0 Å². The molecule has 0 radical (unpaired) electrons. The number of carbonyl (C=O) groups is 8. The molecule has 2 rings (SSSR count). The van der Waals surface area contributed by atoms with Crippen LogP contribution in [0.1, 0.15) is 166 Å². The average molecular weight is 1090 g/mol. The van der Waals surface area contributed by atoms with Crippen molar-refractivity contribution in [2.75, 3.05) is 24.7 Å². The van der Waals surface area contributed by atoms with Crippen LogP contribution in [0.3, 0.4) is 0 Å². The molecular formula is C54H90O18S2. The number of ether oxygens (including phenoxy) is 10. The molecule has 0 aliphatic carbocycles. The molecule has 0 N–H and O–H groups in total. The van der Waals surface area contributed by atoms with Gasteiger partial charge in [0.25, 0.3) is 0 Å². The molecule has 2 aliphatic heterocycles. The Balaban J connectivity index is 2.85. The number of rotatable bonds is 15. The van der Waals surface area contributed by atoms with E-state index in [2.05, 4.69) is 0 Å². The van der Waals surface area contributed by atoms with Crippen molar-refractivity contribution < 1.29 is 85.7 Å².